The SMILES string of the molecule is O=C(OC1C2CC3C1OC(=O)C3C2C(=O)OC1(c2ccccc2)CC[NH2+]CC1)C1c2ccccc2-c2ccccc21. The molecule has 6 unspecified atom stereocenters. The molecule has 8 rings (SSSR count). The number of hydrogen-bond acceptors (Lipinski definition) is 6. The highest BCUT2D eigenvalue weighted by Gasteiger charge is 2.70. The zero-order valence-corrected chi connectivity index (χ0v) is 22.6. The highest BCUT2D eigenvalue weighted by atomic mass is 16.6. The van der Waals surface area contributed by atoms with Crippen molar-refractivity contribution in [3.63, 3.8) is 0 Å². The van der Waals surface area contributed by atoms with Crippen molar-refractivity contribution in [3.05, 3.63) is 95.6 Å². The molecule has 0 aromatic heterocycles. The van der Waals surface area contributed by atoms with Gasteiger partial charge in [-0.3, -0.25) is 14.4 Å². The third-order valence-electron chi connectivity index (χ3n) is 10.2. The number of esters is 3. The van der Waals surface area contributed by atoms with E-state index in [4.69, 9.17) is 14.2 Å². The Morgan fingerprint density at radius 3 is 2.12 bits per heavy atom. The summed E-state index contributed by atoms with van der Waals surface area (Å²) in [6.07, 6.45) is 0.855. The summed E-state index contributed by atoms with van der Waals surface area (Å²) in [6, 6.07) is 25.7. The summed E-state index contributed by atoms with van der Waals surface area (Å²) in [5.74, 6) is -3.34. The summed E-state index contributed by atoms with van der Waals surface area (Å²) in [5.41, 5.74) is 4.15. The van der Waals surface area contributed by atoms with Gasteiger partial charge >= 0.3 is 17.9 Å². The van der Waals surface area contributed by atoms with Crippen molar-refractivity contribution in [1.29, 1.82) is 0 Å². The second-order valence-electron chi connectivity index (χ2n) is 12.2. The van der Waals surface area contributed by atoms with Crippen LogP contribution in [0.15, 0.2) is 78.9 Å². The molecule has 6 atom stereocenters. The molecule has 2 bridgehead atoms. The van der Waals surface area contributed by atoms with Gasteiger partial charge < -0.3 is 19.5 Å². The number of carbonyl (C=O) groups is 3. The molecule has 5 aliphatic rings. The third-order valence-corrected chi connectivity index (χ3v) is 10.2. The molecule has 3 aromatic rings. The quantitative estimate of drug-likeness (QED) is 0.387. The Bertz CT molecular complexity index is 1500. The maximum Gasteiger partial charge on any atom is 0.318 e. The van der Waals surface area contributed by atoms with Crippen LogP contribution >= 0.6 is 0 Å². The summed E-state index contributed by atoms with van der Waals surface area (Å²) in [4.78, 5) is 41.0. The van der Waals surface area contributed by atoms with Crippen molar-refractivity contribution in [1.82, 2.24) is 0 Å². The van der Waals surface area contributed by atoms with E-state index in [0.717, 1.165) is 40.9 Å². The Labute approximate surface area is 238 Å². The van der Waals surface area contributed by atoms with Crippen LogP contribution in [-0.2, 0) is 34.2 Å². The lowest BCUT2D eigenvalue weighted by Gasteiger charge is -2.38. The molecule has 3 aromatic carbocycles. The molecule has 4 fully saturated rings. The van der Waals surface area contributed by atoms with Crippen molar-refractivity contribution in [2.45, 2.75) is 43.0 Å². The van der Waals surface area contributed by atoms with Crippen LogP contribution in [0.2, 0.25) is 0 Å². The molecule has 41 heavy (non-hydrogen) atoms. The van der Waals surface area contributed by atoms with E-state index in [-0.39, 0.29) is 29.7 Å². The van der Waals surface area contributed by atoms with Gasteiger partial charge in [0, 0.05) is 24.7 Å². The molecule has 0 amide bonds. The van der Waals surface area contributed by atoms with Gasteiger partial charge in [0.1, 0.15) is 23.7 Å². The lowest BCUT2D eigenvalue weighted by Crippen LogP contribution is -2.87. The lowest BCUT2D eigenvalue weighted by molar-refractivity contribution is -0.668. The predicted octanol–water partition coefficient (Wildman–Crippen LogP) is 3.31. The van der Waals surface area contributed by atoms with E-state index >= 15 is 0 Å². The van der Waals surface area contributed by atoms with Gasteiger partial charge in [0.15, 0.2) is 0 Å². The molecule has 2 N–H and O–H groups in total. The van der Waals surface area contributed by atoms with Crippen LogP contribution in [0.25, 0.3) is 11.1 Å². The molecule has 0 spiro atoms. The smallest absolute Gasteiger partial charge is 0.318 e. The van der Waals surface area contributed by atoms with Gasteiger partial charge in [0.05, 0.1) is 24.9 Å². The predicted molar refractivity (Wildman–Crippen MR) is 147 cm³/mol. The first-order valence-corrected chi connectivity index (χ1v) is 14.7. The third kappa shape index (κ3) is 3.64. The number of fused-ring (bicyclic) bond motifs is 4. The van der Waals surface area contributed by atoms with Crippen LogP contribution in [0.4, 0.5) is 0 Å². The molecular weight excluding hydrogens is 518 g/mol. The molecule has 2 heterocycles. The average molecular weight is 551 g/mol. The number of rotatable bonds is 5. The van der Waals surface area contributed by atoms with Gasteiger partial charge in [0.2, 0.25) is 0 Å². The zero-order valence-electron chi connectivity index (χ0n) is 22.6. The second-order valence-corrected chi connectivity index (χ2v) is 12.2. The van der Waals surface area contributed by atoms with Gasteiger partial charge in [-0.1, -0.05) is 78.9 Å². The summed E-state index contributed by atoms with van der Waals surface area (Å²) >= 11 is 0. The van der Waals surface area contributed by atoms with E-state index in [1.165, 1.54) is 0 Å². The number of hydrogen-bond donors (Lipinski definition) is 1. The van der Waals surface area contributed by atoms with Crippen molar-refractivity contribution in [3.8, 4) is 11.1 Å². The Hall–Kier alpha value is -3.97. The number of nitrogens with two attached hydrogens (primary N) is 1. The first-order chi connectivity index (χ1) is 20.1. The average Bonchev–Trinajstić information content (AvgIpc) is 3.72. The number of carbonyl (C=O) groups excluding carboxylic acids is 3. The lowest BCUT2D eigenvalue weighted by atomic mass is 9.77. The molecule has 7 nitrogen and oxygen atoms in total. The highest BCUT2D eigenvalue weighted by molar-refractivity contribution is 5.94. The largest absolute Gasteiger partial charge is 0.458 e. The number of benzene rings is 3. The van der Waals surface area contributed by atoms with Gasteiger partial charge in [0.25, 0.3) is 0 Å². The van der Waals surface area contributed by atoms with Crippen LogP contribution < -0.4 is 5.32 Å². The van der Waals surface area contributed by atoms with Crippen LogP contribution in [0.3, 0.4) is 0 Å². The van der Waals surface area contributed by atoms with Gasteiger partial charge in [-0.05, 0) is 34.2 Å². The summed E-state index contributed by atoms with van der Waals surface area (Å²) in [6.45, 7) is 1.72. The van der Waals surface area contributed by atoms with Crippen LogP contribution in [0.5, 0.6) is 0 Å². The first-order valence-electron chi connectivity index (χ1n) is 14.7. The van der Waals surface area contributed by atoms with E-state index in [9.17, 15) is 14.4 Å². The number of piperidine rings is 1. The normalized spacial score (nSPS) is 30.4. The maximum atomic E-state index is 14.0. The fraction of sp³-hybridized carbons (Fsp3) is 0.382. The molecular formula is C34H32NO6+. The number of ether oxygens (including phenoxy) is 3. The Balaban J connectivity index is 1.08. The molecule has 0 radical (unpaired) electrons. The van der Waals surface area contributed by atoms with E-state index in [0.29, 0.717) is 19.3 Å². The number of quaternary nitrogens is 1. The van der Waals surface area contributed by atoms with Gasteiger partial charge in [-0.2, -0.15) is 0 Å². The summed E-state index contributed by atoms with van der Waals surface area (Å²) in [5, 5.41) is 2.24. The molecule has 2 saturated carbocycles. The van der Waals surface area contributed by atoms with Crippen LogP contribution in [-0.4, -0.2) is 43.2 Å². The minimum absolute atomic E-state index is 0.140. The molecule has 2 saturated heterocycles. The second kappa shape index (κ2) is 9.28. The Kier molecular flexibility index (Phi) is 5.61. The van der Waals surface area contributed by atoms with Crippen molar-refractivity contribution in [2.24, 2.45) is 23.7 Å². The standard InChI is InChI=1S/C34H31NO6/c36-31(26-22-12-6-4-10-20(22)21-11-5-7-13-23(21)26)39-30-25-18-24-27(32(37)40-29(24)30)28(25)33(38)41-34(14-16-35-17-15-34)19-8-2-1-3-9-19/h1-13,24-30,35H,14-18H2/p+1. The van der Waals surface area contributed by atoms with Crippen molar-refractivity contribution in [2.75, 3.05) is 13.1 Å². The molecule has 2 aliphatic heterocycles. The molecule has 7 heteroatoms. The van der Waals surface area contributed by atoms with E-state index in [1.807, 2.05) is 78.9 Å². The maximum absolute atomic E-state index is 14.0. The van der Waals surface area contributed by atoms with Crippen molar-refractivity contribution < 1.29 is 33.9 Å². The minimum Gasteiger partial charge on any atom is -0.458 e. The van der Waals surface area contributed by atoms with E-state index < -0.39 is 35.6 Å². The monoisotopic (exact) mass is 550 g/mol. The highest BCUT2D eigenvalue weighted by Crippen LogP contribution is 2.60. The fourth-order valence-corrected chi connectivity index (χ4v) is 8.47. The zero-order chi connectivity index (χ0) is 27.7. The Morgan fingerprint density at radius 1 is 0.805 bits per heavy atom. The fourth-order valence-electron chi connectivity index (χ4n) is 8.47. The summed E-state index contributed by atoms with van der Waals surface area (Å²) < 4.78 is 18.5. The Morgan fingerprint density at radius 2 is 1.44 bits per heavy atom. The first kappa shape index (κ1) is 24.8. The van der Waals surface area contributed by atoms with E-state index in [1.54, 1.807) is 0 Å². The minimum atomic E-state index is -0.722. The van der Waals surface area contributed by atoms with E-state index in [2.05, 4.69) is 5.32 Å². The molecule has 3 aliphatic carbocycles. The molecule has 208 valence electrons. The van der Waals surface area contributed by atoms with Crippen molar-refractivity contribution >= 4 is 17.9 Å². The topological polar surface area (TPSA) is 95.5 Å². The summed E-state index contributed by atoms with van der Waals surface area (Å²) in [7, 11) is 0. The van der Waals surface area contributed by atoms with Crippen LogP contribution in [0.1, 0.15) is 41.9 Å². The van der Waals surface area contributed by atoms with Gasteiger partial charge in [-0.25, -0.2) is 0 Å². The van der Waals surface area contributed by atoms with Gasteiger partial charge in [-0.15, -0.1) is 0 Å². The van der Waals surface area contributed by atoms with Crippen LogP contribution in [0, 0.1) is 23.7 Å².